The molecule has 2 unspecified atom stereocenters. The molecule has 1 saturated carbocycles. The molecule has 1 heterocycles. The third-order valence-corrected chi connectivity index (χ3v) is 4.14. The van der Waals surface area contributed by atoms with Gasteiger partial charge in [-0.1, -0.05) is 6.42 Å². The molecular weight excluding hydrogens is 282 g/mol. The minimum absolute atomic E-state index is 0.226. The first-order chi connectivity index (χ1) is 10.7. The van der Waals surface area contributed by atoms with Crippen LogP contribution in [0.2, 0.25) is 0 Å². The Morgan fingerprint density at radius 1 is 1.23 bits per heavy atom. The number of aliphatic imine (C=N–C) groups is 1. The van der Waals surface area contributed by atoms with E-state index in [0.717, 1.165) is 42.9 Å². The molecule has 0 bridgehead atoms. The van der Waals surface area contributed by atoms with Crippen LogP contribution in [0.3, 0.4) is 0 Å². The number of hydrogen-bond acceptors (Lipinski definition) is 4. The Hall–Kier alpha value is -1.95. The van der Waals surface area contributed by atoms with Gasteiger partial charge in [0.2, 0.25) is 0 Å². The standard InChI is InChI=1S/C16H23N3O3/c17-16(18-10-11-3-1-4-13(11)20)19-12-5-6-14-15(9-12)22-8-2-7-21-14/h5-6,9,11,13,20H,1-4,7-8,10H2,(H3,17,18,19). The predicted octanol–water partition coefficient (Wildman–Crippen LogP) is 1.74. The minimum Gasteiger partial charge on any atom is -0.490 e. The lowest BCUT2D eigenvalue weighted by atomic mass is 10.1. The molecule has 2 aliphatic rings. The molecule has 3 rings (SSSR count). The second-order valence-corrected chi connectivity index (χ2v) is 5.82. The van der Waals surface area contributed by atoms with Gasteiger partial charge in [-0.2, -0.15) is 0 Å². The van der Waals surface area contributed by atoms with Crippen molar-refractivity contribution in [2.45, 2.75) is 31.8 Å². The lowest BCUT2D eigenvalue weighted by Gasteiger charge is -2.13. The van der Waals surface area contributed by atoms with E-state index in [1.54, 1.807) is 0 Å². The third-order valence-electron chi connectivity index (χ3n) is 4.14. The molecule has 6 heteroatoms. The Kier molecular flexibility index (Phi) is 4.68. The number of nitrogens with two attached hydrogens (primary N) is 1. The molecule has 1 aliphatic heterocycles. The number of nitrogens with one attached hydrogen (secondary N) is 1. The number of rotatable bonds is 3. The molecular formula is C16H23N3O3. The summed E-state index contributed by atoms with van der Waals surface area (Å²) in [6.07, 6.45) is 3.59. The highest BCUT2D eigenvalue weighted by molar-refractivity contribution is 5.92. The van der Waals surface area contributed by atoms with Crippen LogP contribution in [-0.2, 0) is 0 Å². The zero-order valence-corrected chi connectivity index (χ0v) is 12.6. The van der Waals surface area contributed by atoms with Crippen molar-refractivity contribution in [1.82, 2.24) is 0 Å². The van der Waals surface area contributed by atoms with Crippen molar-refractivity contribution in [2.24, 2.45) is 16.6 Å². The van der Waals surface area contributed by atoms with Crippen LogP contribution in [0.5, 0.6) is 11.5 Å². The van der Waals surface area contributed by atoms with Crippen molar-refractivity contribution < 1.29 is 14.6 Å². The van der Waals surface area contributed by atoms with E-state index >= 15 is 0 Å². The van der Waals surface area contributed by atoms with E-state index in [2.05, 4.69) is 10.3 Å². The summed E-state index contributed by atoms with van der Waals surface area (Å²) < 4.78 is 11.2. The van der Waals surface area contributed by atoms with E-state index in [0.29, 0.717) is 25.7 Å². The Labute approximate surface area is 130 Å². The van der Waals surface area contributed by atoms with Crippen molar-refractivity contribution in [3.8, 4) is 11.5 Å². The van der Waals surface area contributed by atoms with Crippen molar-refractivity contribution >= 4 is 11.6 Å². The first-order valence-corrected chi connectivity index (χ1v) is 7.87. The van der Waals surface area contributed by atoms with Crippen molar-refractivity contribution in [2.75, 3.05) is 25.1 Å². The first-order valence-electron chi connectivity index (χ1n) is 7.87. The first kappa shape index (κ1) is 15.0. The molecule has 1 aromatic rings. The fraction of sp³-hybridized carbons (Fsp3) is 0.562. The van der Waals surface area contributed by atoms with Crippen molar-refractivity contribution in [1.29, 1.82) is 0 Å². The average molecular weight is 305 g/mol. The van der Waals surface area contributed by atoms with Crippen LogP contribution in [-0.4, -0.2) is 36.9 Å². The Morgan fingerprint density at radius 3 is 2.82 bits per heavy atom. The van der Waals surface area contributed by atoms with Gasteiger partial charge in [0, 0.05) is 30.6 Å². The summed E-state index contributed by atoms with van der Waals surface area (Å²) in [7, 11) is 0. The van der Waals surface area contributed by atoms with Gasteiger partial charge in [-0.15, -0.1) is 0 Å². The quantitative estimate of drug-likeness (QED) is 0.584. The maximum atomic E-state index is 9.79. The second-order valence-electron chi connectivity index (χ2n) is 5.82. The van der Waals surface area contributed by atoms with Gasteiger partial charge in [0.1, 0.15) is 0 Å². The Morgan fingerprint density at radius 2 is 2.05 bits per heavy atom. The van der Waals surface area contributed by atoms with Crippen LogP contribution in [0.4, 0.5) is 5.69 Å². The highest BCUT2D eigenvalue weighted by Crippen LogP contribution is 2.32. The molecule has 0 spiro atoms. The van der Waals surface area contributed by atoms with Crippen LogP contribution >= 0.6 is 0 Å². The summed E-state index contributed by atoms with van der Waals surface area (Å²) in [6, 6.07) is 5.63. The molecule has 1 fully saturated rings. The average Bonchev–Trinajstić information content (AvgIpc) is 2.78. The largest absolute Gasteiger partial charge is 0.490 e. The molecule has 6 nitrogen and oxygen atoms in total. The van der Waals surface area contributed by atoms with E-state index in [1.165, 1.54) is 0 Å². The number of benzene rings is 1. The van der Waals surface area contributed by atoms with Crippen LogP contribution in [0.25, 0.3) is 0 Å². The molecule has 1 aliphatic carbocycles. The predicted molar refractivity (Wildman–Crippen MR) is 85.5 cm³/mol. The lowest BCUT2D eigenvalue weighted by molar-refractivity contribution is 0.137. The maximum Gasteiger partial charge on any atom is 0.193 e. The number of aliphatic hydroxyl groups is 1. The Balaban J connectivity index is 1.61. The number of ether oxygens (including phenoxy) is 2. The SMILES string of the molecule is NC(=NCC1CCCC1O)Nc1ccc2c(c1)OCCCO2. The number of aliphatic hydroxyl groups excluding tert-OH is 1. The topological polar surface area (TPSA) is 89.1 Å². The van der Waals surface area contributed by atoms with Gasteiger partial charge in [0.15, 0.2) is 17.5 Å². The monoisotopic (exact) mass is 305 g/mol. The fourth-order valence-electron chi connectivity index (χ4n) is 2.87. The van der Waals surface area contributed by atoms with Gasteiger partial charge in [-0.3, -0.25) is 4.99 Å². The van der Waals surface area contributed by atoms with Gasteiger partial charge in [0.25, 0.3) is 0 Å². The Bertz CT molecular complexity index is 547. The molecule has 0 amide bonds. The zero-order chi connectivity index (χ0) is 15.4. The van der Waals surface area contributed by atoms with Crippen LogP contribution < -0.4 is 20.5 Å². The molecule has 120 valence electrons. The van der Waals surface area contributed by atoms with Crippen LogP contribution in [0.1, 0.15) is 25.7 Å². The molecule has 4 N–H and O–H groups in total. The van der Waals surface area contributed by atoms with E-state index in [1.807, 2.05) is 18.2 Å². The van der Waals surface area contributed by atoms with Gasteiger partial charge in [-0.25, -0.2) is 0 Å². The van der Waals surface area contributed by atoms with E-state index in [4.69, 9.17) is 15.2 Å². The third kappa shape index (κ3) is 3.62. The summed E-state index contributed by atoms with van der Waals surface area (Å²) >= 11 is 0. The number of hydrogen-bond donors (Lipinski definition) is 3. The molecule has 0 radical (unpaired) electrons. The lowest BCUT2D eigenvalue weighted by Crippen LogP contribution is -2.25. The molecule has 0 aromatic heterocycles. The van der Waals surface area contributed by atoms with Gasteiger partial charge in [0.05, 0.1) is 19.3 Å². The highest BCUT2D eigenvalue weighted by atomic mass is 16.5. The van der Waals surface area contributed by atoms with E-state index < -0.39 is 0 Å². The highest BCUT2D eigenvalue weighted by Gasteiger charge is 2.24. The van der Waals surface area contributed by atoms with E-state index in [9.17, 15) is 5.11 Å². The zero-order valence-electron chi connectivity index (χ0n) is 12.6. The van der Waals surface area contributed by atoms with Crippen LogP contribution in [0, 0.1) is 5.92 Å². The van der Waals surface area contributed by atoms with Gasteiger partial charge >= 0.3 is 0 Å². The molecule has 1 aromatic carbocycles. The summed E-state index contributed by atoms with van der Waals surface area (Å²) in [4.78, 5) is 4.33. The number of fused-ring (bicyclic) bond motifs is 1. The summed E-state index contributed by atoms with van der Waals surface area (Å²) in [5, 5.41) is 12.9. The fourth-order valence-corrected chi connectivity index (χ4v) is 2.87. The molecule has 2 atom stereocenters. The smallest absolute Gasteiger partial charge is 0.193 e. The number of anilines is 1. The minimum atomic E-state index is -0.241. The molecule has 0 saturated heterocycles. The normalized spacial score (nSPS) is 24.9. The van der Waals surface area contributed by atoms with Gasteiger partial charge in [-0.05, 0) is 25.0 Å². The maximum absolute atomic E-state index is 9.79. The molecule has 22 heavy (non-hydrogen) atoms. The number of nitrogens with zero attached hydrogens (tertiary/aromatic N) is 1. The van der Waals surface area contributed by atoms with Gasteiger partial charge < -0.3 is 25.6 Å². The van der Waals surface area contributed by atoms with Crippen LogP contribution in [0.15, 0.2) is 23.2 Å². The number of guanidine groups is 1. The van der Waals surface area contributed by atoms with E-state index in [-0.39, 0.29) is 12.0 Å². The summed E-state index contributed by atoms with van der Waals surface area (Å²) in [5.74, 6) is 2.06. The summed E-state index contributed by atoms with van der Waals surface area (Å²) in [5.41, 5.74) is 6.74. The summed E-state index contributed by atoms with van der Waals surface area (Å²) in [6.45, 7) is 1.89. The van der Waals surface area contributed by atoms with Crippen molar-refractivity contribution in [3.05, 3.63) is 18.2 Å². The van der Waals surface area contributed by atoms with Crippen molar-refractivity contribution in [3.63, 3.8) is 0 Å². The second kappa shape index (κ2) is 6.87.